The normalized spacial score (nSPS) is 16.3. The van der Waals surface area contributed by atoms with Crippen molar-refractivity contribution in [3.05, 3.63) is 53.6 Å². The molecule has 1 atom stereocenters. The number of alkyl halides is 3. The van der Waals surface area contributed by atoms with Gasteiger partial charge in [0, 0.05) is 12.0 Å². The van der Waals surface area contributed by atoms with Crippen LogP contribution in [0.1, 0.15) is 28.8 Å². The number of carbonyl (C=O) groups excluding carboxylic acids is 2. The Bertz CT molecular complexity index is 1100. The summed E-state index contributed by atoms with van der Waals surface area (Å²) in [5.74, 6) is -0.389. The van der Waals surface area contributed by atoms with Crippen molar-refractivity contribution in [2.45, 2.75) is 30.0 Å². The maximum absolute atomic E-state index is 13.3. The lowest BCUT2D eigenvalue weighted by atomic mass is 10.1. The van der Waals surface area contributed by atoms with Gasteiger partial charge in [-0.25, -0.2) is 8.42 Å². The van der Waals surface area contributed by atoms with Gasteiger partial charge < -0.3 is 9.47 Å². The topological polar surface area (TPSA) is 90.0 Å². The number of anilines is 1. The highest BCUT2D eigenvalue weighted by Crippen LogP contribution is 2.39. The third-order valence-corrected chi connectivity index (χ3v) is 6.47. The number of sulfonamides is 1. The Morgan fingerprint density at radius 2 is 2.00 bits per heavy atom. The number of methoxy groups -OCH3 is 1. The summed E-state index contributed by atoms with van der Waals surface area (Å²) in [6.07, 6.45) is -4.88. The summed E-state index contributed by atoms with van der Waals surface area (Å²) < 4.78 is 77.1. The third kappa shape index (κ3) is 4.82. The molecule has 0 fully saturated rings. The zero-order valence-electron chi connectivity index (χ0n) is 16.3. The predicted octanol–water partition coefficient (Wildman–Crippen LogP) is 3.43. The second-order valence-electron chi connectivity index (χ2n) is 6.76. The molecular weight excluding hydrogens is 439 g/mol. The highest BCUT2D eigenvalue weighted by Gasteiger charge is 2.37. The summed E-state index contributed by atoms with van der Waals surface area (Å²) in [6.45, 7) is -0.259. The first-order valence-electron chi connectivity index (χ1n) is 9.09. The molecule has 0 amide bonds. The second-order valence-corrected chi connectivity index (χ2v) is 8.62. The molecule has 0 saturated carbocycles. The fourth-order valence-electron chi connectivity index (χ4n) is 3.12. The van der Waals surface area contributed by atoms with Gasteiger partial charge >= 0.3 is 12.1 Å². The summed E-state index contributed by atoms with van der Waals surface area (Å²) >= 11 is 0. The lowest BCUT2D eigenvalue weighted by Gasteiger charge is -2.35. The predicted molar refractivity (Wildman–Crippen MR) is 103 cm³/mol. The minimum absolute atomic E-state index is 0.0244. The monoisotopic (exact) mass is 457 g/mol. The number of ether oxygens (including phenoxy) is 2. The van der Waals surface area contributed by atoms with Crippen LogP contribution >= 0.6 is 0 Å². The number of halogens is 3. The van der Waals surface area contributed by atoms with Crippen LogP contribution in [-0.4, -0.2) is 40.4 Å². The van der Waals surface area contributed by atoms with E-state index in [1.54, 1.807) is 0 Å². The first-order chi connectivity index (χ1) is 14.6. The average molecular weight is 457 g/mol. The zero-order valence-corrected chi connectivity index (χ0v) is 17.1. The minimum atomic E-state index is -4.72. The van der Waals surface area contributed by atoms with Crippen LogP contribution in [-0.2, 0) is 25.7 Å². The van der Waals surface area contributed by atoms with Crippen LogP contribution in [0.25, 0.3) is 0 Å². The summed E-state index contributed by atoms with van der Waals surface area (Å²) in [7, 11) is -3.23. The van der Waals surface area contributed by atoms with Gasteiger partial charge in [-0.2, -0.15) is 13.2 Å². The molecule has 2 aromatic rings. The molecule has 0 unspecified atom stereocenters. The first kappa shape index (κ1) is 22.6. The van der Waals surface area contributed by atoms with Gasteiger partial charge in [-0.1, -0.05) is 6.07 Å². The van der Waals surface area contributed by atoms with E-state index >= 15 is 0 Å². The Hall–Kier alpha value is -3.08. The van der Waals surface area contributed by atoms with Crippen molar-refractivity contribution < 1.29 is 40.7 Å². The number of nitrogens with zero attached hydrogens (tertiary/aromatic N) is 1. The smallest absolute Gasteiger partial charge is 0.416 e. The fourth-order valence-corrected chi connectivity index (χ4v) is 4.67. The van der Waals surface area contributed by atoms with Crippen molar-refractivity contribution in [3.63, 3.8) is 0 Å². The molecule has 31 heavy (non-hydrogen) atoms. The Morgan fingerprint density at radius 1 is 1.26 bits per heavy atom. The highest BCUT2D eigenvalue weighted by molar-refractivity contribution is 7.92. The molecule has 0 aromatic heterocycles. The molecule has 1 heterocycles. The maximum Gasteiger partial charge on any atom is 0.416 e. The van der Waals surface area contributed by atoms with E-state index in [-0.39, 0.29) is 36.4 Å². The summed E-state index contributed by atoms with van der Waals surface area (Å²) in [4.78, 5) is 22.1. The Labute approximate surface area is 176 Å². The molecule has 0 radical (unpaired) electrons. The molecule has 166 valence electrons. The van der Waals surface area contributed by atoms with Crippen molar-refractivity contribution in [1.29, 1.82) is 0 Å². The molecule has 1 aliphatic heterocycles. The Kier molecular flexibility index (Phi) is 6.25. The summed E-state index contributed by atoms with van der Waals surface area (Å²) in [6, 6.07) is 7.50. The van der Waals surface area contributed by atoms with Gasteiger partial charge in [-0.3, -0.25) is 13.9 Å². The molecule has 0 spiro atoms. The standard InChI is InChI=1S/C20H18F3NO6S/c1-29-19(26)8-6-15-11-24(17-9-13(12-25)5-7-18(17)30-15)31(27,28)16-4-2-3-14(10-16)20(21,22)23/h2-5,7,9-10,12,15H,6,8,11H2,1H3/t15-/m0/s1. The molecule has 0 bridgehead atoms. The van der Waals surface area contributed by atoms with Crippen molar-refractivity contribution in [2.75, 3.05) is 18.0 Å². The van der Waals surface area contributed by atoms with Gasteiger partial charge in [0.05, 0.1) is 29.8 Å². The van der Waals surface area contributed by atoms with Crippen molar-refractivity contribution in [3.8, 4) is 5.75 Å². The highest BCUT2D eigenvalue weighted by atomic mass is 32.2. The number of carbonyl (C=O) groups is 2. The number of hydrogen-bond acceptors (Lipinski definition) is 6. The molecule has 0 aliphatic carbocycles. The first-order valence-corrected chi connectivity index (χ1v) is 10.5. The maximum atomic E-state index is 13.3. The molecular formula is C20H18F3NO6S. The Morgan fingerprint density at radius 3 is 2.65 bits per heavy atom. The van der Waals surface area contributed by atoms with Gasteiger partial charge in [-0.15, -0.1) is 0 Å². The van der Waals surface area contributed by atoms with E-state index in [9.17, 15) is 31.2 Å². The van der Waals surface area contributed by atoms with Crippen molar-refractivity contribution in [1.82, 2.24) is 0 Å². The van der Waals surface area contributed by atoms with E-state index in [0.29, 0.717) is 12.4 Å². The number of hydrogen-bond donors (Lipinski definition) is 0. The van der Waals surface area contributed by atoms with Crippen LogP contribution in [0.3, 0.4) is 0 Å². The van der Waals surface area contributed by atoms with Gasteiger partial charge in [0.15, 0.2) is 0 Å². The SMILES string of the molecule is COC(=O)CC[C@H]1CN(S(=O)(=O)c2cccc(C(F)(F)F)c2)c2cc(C=O)ccc2O1. The average Bonchev–Trinajstić information content (AvgIpc) is 2.75. The van der Waals surface area contributed by atoms with Crippen LogP contribution in [0.4, 0.5) is 18.9 Å². The van der Waals surface area contributed by atoms with Crippen LogP contribution in [0.2, 0.25) is 0 Å². The van der Waals surface area contributed by atoms with Crippen molar-refractivity contribution >= 4 is 28.0 Å². The number of esters is 1. The van der Waals surface area contributed by atoms with E-state index in [2.05, 4.69) is 4.74 Å². The van der Waals surface area contributed by atoms with Crippen LogP contribution in [0.15, 0.2) is 47.4 Å². The lowest BCUT2D eigenvalue weighted by Crippen LogP contribution is -2.43. The number of rotatable bonds is 6. The van der Waals surface area contributed by atoms with Crippen LogP contribution < -0.4 is 9.04 Å². The number of benzene rings is 2. The number of fused-ring (bicyclic) bond motifs is 1. The summed E-state index contributed by atoms with van der Waals surface area (Å²) in [5, 5.41) is 0. The van der Waals surface area contributed by atoms with Gasteiger partial charge in [0.2, 0.25) is 0 Å². The molecule has 3 rings (SSSR count). The van der Waals surface area contributed by atoms with E-state index in [0.717, 1.165) is 22.5 Å². The third-order valence-electron chi connectivity index (χ3n) is 4.70. The second kappa shape index (κ2) is 8.58. The quantitative estimate of drug-likeness (QED) is 0.488. The number of aldehydes is 1. The van der Waals surface area contributed by atoms with Crippen molar-refractivity contribution in [2.24, 2.45) is 0 Å². The van der Waals surface area contributed by atoms with E-state index in [4.69, 9.17) is 4.74 Å². The largest absolute Gasteiger partial charge is 0.486 e. The van der Waals surface area contributed by atoms with Gasteiger partial charge in [0.25, 0.3) is 10.0 Å². The molecule has 1 aliphatic rings. The zero-order chi connectivity index (χ0) is 22.8. The minimum Gasteiger partial charge on any atom is -0.486 e. The molecule has 7 nitrogen and oxygen atoms in total. The Balaban J connectivity index is 2.04. The molecule has 11 heteroatoms. The summed E-state index contributed by atoms with van der Waals surface area (Å²) in [5.41, 5.74) is -0.915. The van der Waals surface area contributed by atoms with E-state index in [1.807, 2.05) is 0 Å². The molecule has 0 N–H and O–H groups in total. The van der Waals surface area contributed by atoms with Crippen LogP contribution in [0.5, 0.6) is 5.75 Å². The van der Waals surface area contributed by atoms with E-state index in [1.165, 1.54) is 25.3 Å². The molecule has 2 aromatic carbocycles. The molecule has 0 saturated heterocycles. The van der Waals surface area contributed by atoms with E-state index < -0.39 is 38.7 Å². The van der Waals surface area contributed by atoms with Crippen LogP contribution in [0, 0.1) is 0 Å². The fraction of sp³-hybridized carbons (Fsp3) is 0.300. The van der Waals surface area contributed by atoms with Gasteiger partial charge in [0.1, 0.15) is 18.1 Å². The lowest BCUT2D eigenvalue weighted by molar-refractivity contribution is -0.141. The van der Waals surface area contributed by atoms with Gasteiger partial charge in [-0.05, 0) is 42.8 Å².